The molecule has 45 heavy (non-hydrogen) atoms. The number of thioether (sulfide) groups is 1. The van der Waals surface area contributed by atoms with E-state index in [4.69, 9.17) is 19.7 Å². The van der Waals surface area contributed by atoms with Crippen LogP contribution in [0.25, 0.3) is 0 Å². The third-order valence-electron chi connectivity index (χ3n) is 7.73. The second-order valence-electron chi connectivity index (χ2n) is 13.8. The summed E-state index contributed by atoms with van der Waals surface area (Å²) in [6.45, 7) is 13.6. The van der Waals surface area contributed by atoms with Gasteiger partial charge in [0.1, 0.15) is 34.7 Å². The molecule has 0 radical (unpaired) electrons. The molecule has 0 bridgehead atoms. The number of hydrogen-bond acceptors (Lipinski definition) is 9. The number of aliphatic carboxylic acids is 1. The van der Waals surface area contributed by atoms with Crippen LogP contribution in [-0.4, -0.2) is 69.8 Å². The van der Waals surface area contributed by atoms with Gasteiger partial charge in [0, 0.05) is 38.8 Å². The second-order valence-corrected chi connectivity index (χ2v) is 20.7. The third-order valence-corrected chi connectivity index (χ3v) is 10.9. The van der Waals surface area contributed by atoms with Crippen molar-refractivity contribution in [3.8, 4) is 6.07 Å². The fourth-order valence-electron chi connectivity index (χ4n) is 5.12. The van der Waals surface area contributed by atoms with Gasteiger partial charge in [-0.2, -0.15) is 5.26 Å². The number of amidine groups is 1. The maximum atomic E-state index is 15.7. The molecule has 0 unspecified atom stereocenters. The number of fused-ring (bicyclic) bond motifs is 1. The number of ketones is 1. The van der Waals surface area contributed by atoms with Crippen molar-refractivity contribution in [1.82, 2.24) is 9.88 Å². The Balaban J connectivity index is 1.71. The van der Waals surface area contributed by atoms with Gasteiger partial charge < -0.3 is 14.6 Å². The number of halogens is 1. The molecule has 240 valence electrons. The number of aromatic nitrogens is 1. The number of rotatable bonds is 10. The largest absolute Gasteiger partial charge is 0.480 e. The Bertz CT molecular complexity index is 1570. The van der Waals surface area contributed by atoms with Crippen LogP contribution in [0.5, 0.6) is 0 Å². The van der Waals surface area contributed by atoms with Crippen LogP contribution in [0.2, 0.25) is 25.7 Å². The van der Waals surface area contributed by atoms with Gasteiger partial charge in [-0.25, -0.2) is 14.1 Å². The molecule has 2 aliphatic rings. The van der Waals surface area contributed by atoms with Gasteiger partial charge in [-0.1, -0.05) is 37.5 Å². The van der Waals surface area contributed by atoms with Gasteiger partial charge in [-0.05, 0) is 70.0 Å². The number of benzene rings is 1. The van der Waals surface area contributed by atoms with Gasteiger partial charge in [0.15, 0.2) is 11.0 Å². The number of carboxylic acid groups (broad SMARTS) is 1. The molecule has 0 saturated heterocycles. The molecule has 1 aromatic carbocycles. The molecule has 10 nitrogen and oxygen atoms in total. The zero-order chi connectivity index (χ0) is 33.4. The molecule has 1 aromatic heterocycles. The standard InChI is InChI=1S/C32H39FN4O6SSi/c1-30(2,3)43-29(41)37(19-42-12-13-45(5,6)7)28-36-31(4,26-16-32(26,44-28)27(39)40)22-14-20(8-10-23(22)33)15-25(38)24-11-9-21(17-34)18-35-24/h8-11,14,18,26H,12-13,15-16,19H2,1-7H3,(H,39,40)/t26-,31+,32-/m0/s1. The molecular formula is C32H39FN4O6SSi. The van der Waals surface area contributed by atoms with E-state index in [-0.39, 0.29) is 41.8 Å². The van der Waals surface area contributed by atoms with Crippen LogP contribution in [0, 0.1) is 23.1 Å². The number of nitrogens with zero attached hydrogens (tertiary/aromatic N) is 4. The highest BCUT2D eigenvalue weighted by molar-refractivity contribution is 8.15. The molecule has 1 N–H and O–H groups in total. The summed E-state index contributed by atoms with van der Waals surface area (Å²) in [4.78, 5) is 49.2. The van der Waals surface area contributed by atoms with Crippen LogP contribution in [0.1, 0.15) is 61.3 Å². The summed E-state index contributed by atoms with van der Waals surface area (Å²) >= 11 is 0.956. The van der Waals surface area contributed by atoms with E-state index in [0.717, 1.165) is 17.8 Å². The van der Waals surface area contributed by atoms with Gasteiger partial charge in [-0.3, -0.25) is 19.6 Å². The molecule has 4 rings (SSSR count). The lowest BCUT2D eigenvalue weighted by Crippen LogP contribution is -2.47. The van der Waals surface area contributed by atoms with Crippen LogP contribution in [-0.2, 0) is 26.2 Å². The van der Waals surface area contributed by atoms with Crippen molar-refractivity contribution in [1.29, 1.82) is 5.26 Å². The highest BCUT2D eigenvalue weighted by Gasteiger charge is 2.72. The number of carboxylic acids is 1. The number of aliphatic imine (C=N–C) groups is 1. The van der Waals surface area contributed by atoms with E-state index in [9.17, 15) is 19.5 Å². The molecular weight excluding hydrogens is 616 g/mol. The number of ether oxygens (including phenoxy) is 2. The molecule has 0 spiro atoms. The summed E-state index contributed by atoms with van der Waals surface area (Å²) < 4.78 is 25.9. The quantitative estimate of drug-likeness (QED) is 0.137. The Morgan fingerprint density at radius 1 is 1.22 bits per heavy atom. The molecule has 1 amide bonds. The zero-order valence-corrected chi connectivity index (χ0v) is 28.5. The monoisotopic (exact) mass is 654 g/mol. The number of amides is 1. The lowest BCUT2D eigenvalue weighted by atomic mass is 9.84. The summed E-state index contributed by atoms with van der Waals surface area (Å²) in [5.74, 6) is -2.60. The second kappa shape index (κ2) is 12.7. The molecule has 1 fully saturated rings. The van der Waals surface area contributed by atoms with Crippen molar-refractivity contribution in [3.05, 3.63) is 64.7 Å². The first-order valence-corrected chi connectivity index (χ1v) is 19.2. The van der Waals surface area contributed by atoms with Crippen LogP contribution in [0.4, 0.5) is 9.18 Å². The zero-order valence-electron chi connectivity index (χ0n) is 26.6. The van der Waals surface area contributed by atoms with E-state index in [1.54, 1.807) is 27.7 Å². The topological polar surface area (TPSA) is 142 Å². The summed E-state index contributed by atoms with van der Waals surface area (Å²) in [6, 6.07) is 10.0. The Hall–Kier alpha value is -3.60. The van der Waals surface area contributed by atoms with Crippen molar-refractivity contribution in [2.75, 3.05) is 13.3 Å². The van der Waals surface area contributed by atoms with E-state index >= 15 is 4.39 Å². The fourth-order valence-corrected chi connectivity index (χ4v) is 7.39. The summed E-state index contributed by atoms with van der Waals surface area (Å²) in [7, 11) is -1.44. The van der Waals surface area contributed by atoms with Crippen molar-refractivity contribution in [2.45, 2.75) is 82.1 Å². The Labute approximate surface area is 268 Å². The fraction of sp³-hybridized carbons (Fsp3) is 0.500. The first-order chi connectivity index (χ1) is 20.9. The Morgan fingerprint density at radius 2 is 1.93 bits per heavy atom. The number of Topliss-reactive ketones (excluding diaryl/α,β-unsaturated/α-hetero) is 1. The number of pyridine rings is 1. The smallest absolute Gasteiger partial charge is 0.418 e. The predicted octanol–water partition coefficient (Wildman–Crippen LogP) is 6.23. The number of carbonyl (C=O) groups is 3. The van der Waals surface area contributed by atoms with Crippen LogP contribution >= 0.6 is 11.8 Å². The predicted molar refractivity (Wildman–Crippen MR) is 171 cm³/mol. The number of nitriles is 1. The lowest BCUT2D eigenvalue weighted by molar-refractivity contribution is -0.137. The first kappa shape index (κ1) is 34.3. The van der Waals surface area contributed by atoms with Crippen LogP contribution < -0.4 is 0 Å². The molecule has 13 heteroatoms. The van der Waals surface area contributed by atoms with E-state index in [0.29, 0.717) is 17.7 Å². The van der Waals surface area contributed by atoms with Gasteiger partial charge in [-0.15, -0.1) is 0 Å². The Morgan fingerprint density at radius 3 is 2.51 bits per heavy atom. The number of hydrogen-bond donors (Lipinski definition) is 1. The Kier molecular flexibility index (Phi) is 9.64. The molecule has 2 aromatic rings. The first-order valence-electron chi connectivity index (χ1n) is 14.7. The maximum absolute atomic E-state index is 15.7. The summed E-state index contributed by atoms with van der Waals surface area (Å²) in [6.07, 6.45) is 0.660. The number of carbonyl (C=O) groups excluding carboxylic acids is 2. The van der Waals surface area contributed by atoms with Crippen molar-refractivity contribution >= 4 is 42.8 Å². The van der Waals surface area contributed by atoms with E-state index < -0.39 is 47.8 Å². The van der Waals surface area contributed by atoms with Crippen molar-refractivity contribution in [2.24, 2.45) is 10.9 Å². The molecule has 1 saturated carbocycles. The van der Waals surface area contributed by atoms with E-state index in [1.165, 1.54) is 41.4 Å². The van der Waals surface area contributed by atoms with Gasteiger partial charge >= 0.3 is 12.1 Å². The van der Waals surface area contributed by atoms with Crippen molar-refractivity contribution in [3.63, 3.8) is 0 Å². The van der Waals surface area contributed by atoms with E-state index in [2.05, 4.69) is 24.6 Å². The average molecular weight is 655 g/mol. The highest BCUT2D eigenvalue weighted by atomic mass is 32.2. The minimum Gasteiger partial charge on any atom is -0.480 e. The normalized spacial score (nSPS) is 22.5. The summed E-state index contributed by atoms with van der Waals surface area (Å²) in [5, 5.41) is 19.4. The van der Waals surface area contributed by atoms with Gasteiger partial charge in [0.25, 0.3) is 0 Å². The van der Waals surface area contributed by atoms with E-state index in [1.807, 2.05) is 6.07 Å². The molecule has 3 atom stereocenters. The van der Waals surface area contributed by atoms with Crippen LogP contribution in [0.15, 0.2) is 41.5 Å². The minimum atomic E-state index is -1.44. The third kappa shape index (κ3) is 7.80. The van der Waals surface area contributed by atoms with Crippen molar-refractivity contribution < 1.29 is 33.4 Å². The maximum Gasteiger partial charge on any atom is 0.418 e. The average Bonchev–Trinajstić information content (AvgIpc) is 3.70. The summed E-state index contributed by atoms with van der Waals surface area (Å²) in [5.41, 5.74) is -1.14. The minimum absolute atomic E-state index is 0.0681. The van der Waals surface area contributed by atoms with Gasteiger partial charge in [0.05, 0.1) is 11.1 Å². The van der Waals surface area contributed by atoms with Crippen LogP contribution in [0.3, 0.4) is 0 Å². The molecule has 1 aliphatic heterocycles. The lowest BCUT2D eigenvalue weighted by Gasteiger charge is -2.37. The van der Waals surface area contributed by atoms with Gasteiger partial charge in [0.2, 0.25) is 0 Å². The molecule has 2 heterocycles. The highest BCUT2D eigenvalue weighted by Crippen LogP contribution is 2.66. The molecule has 1 aliphatic carbocycles. The SMILES string of the molecule is CC(C)(C)OC(=O)N(COCC[Si](C)(C)C)C1=N[C@](C)(c2cc(CC(=O)c3ccc(C#N)cn3)ccc2F)[C@@H]2C[C@]2(C(=O)O)S1.